The Bertz CT molecular complexity index is 494. The topological polar surface area (TPSA) is 55.1 Å². The molecule has 104 valence electrons. The Morgan fingerprint density at radius 2 is 2.21 bits per heavy atom. The van der Waals surface area contributed by atoms with Crippen LogP contribution in [-0.4, -0.2) is 24.2 Å². The third-order valence-electron chi connectivity index (χ3n) is 3.51. The molecule has 0 aliphatic heterocycles. The minimum atomic E-state index is -0.814. The van der Waals surface area contributed by atoms with Gasteiger partial charge in [-0.2, -0.15) is 0 Å². The van der Waals surface area contributed by atoms with Crippen molar-refractivity contribution >= 4 is 17.7 Å². The zero-order valence-corrected chi connectivity index (χ0v) is 11.4. The van der Waals surface area contributed by atoms with E-state index in [0.717, 1.165) is 18.9 Å². The van der Waals surface area contributed by atoms with Crippen molar-refractivity contribution in [3.8, 4) is 0 Å². The number of nitrogens with two attached hydrogens (primary N) is 1. The van der Waals surface area contributed by atoms with Crippen LogP contribution >= 0.6 is 11.8 Å². The van der Waals surface area contributed by atoms with Crippen LogP contribution in [0.25, 0.3) is 0 Å². The van der Waals surface area contributed by atoms with Gasteiger partial charge in [0.1, 0.15) is 17.2 Å². The van der Waals surface area contributed by atoms with Gasteiger partial charge in [0.25, 0.3) is 0 Å². The van der Waals surface area contributed by atoms with Gasteiger partial charge in [-0.1, -0.05) is 0 Å². The van der Waals surface area contributed by atoms with Gasteiger partial charge in [0.05, 0.1) is 0 Å². The van der Waals surface area contributed by atoms with Crippen molar-refractivity contribution in [2.75, 3.05) is 12.8 Å². The third-order valence-corrected chi connectivity index (χ3v) is 4.75. The molecule has 0 heterocycles. The molecular weight excluding hydrogens is 270 g/mol. The Morgan fingerprint density at radius 1 is 1.53 bits per heavy atom. The highest BCUT2D eigenvalue weighted by atomic mass is 32.2. The van der Waals surface area contributed by atoms with E-state index in [1.807, 2.05) is 0 Å². The number of hydrogen-bond donors (Lipinski definition) is 2. The fourth-order valence-electron chi connectivity index (χ4n) is 2.15. The van der Waals surface area contributed by atoms with E-state index in [0.29, 0.717) is 10.6 Å². The molecule has 0 saturated heterocycles. The minimum absolute atomic E-state index is 0.200. The van der Waals surface area contributed by atoms with Crippen molar-refractivity contribution < 1.29 is 13.6 Å². The number of halogens is 2. The van der Waals surface area contributed by atoms with Crippen LogP contribution in [0.3, 0.4) is 0 Å². The monoisotopic (exact) mass is 286 g/mol. The second-order valence-electron chi connectivity index (χ2n) is 4.72. The molecule has 1 aromatic carbocycles. The van der Waals surface area contributed by atoms with Crippen LogP contribution in [0.15, 0.2) is 23.1 Å². The number of nitrogens with one attached hydrogen (secondary N) is 1. The predicted octanol–water partition coefficient (Wildman–Crippen LogP) is 1.91. The summed E-state index contributed by atoms with van der Waals surface area (Å²) in [6, 6.07) is 3.42. The summed E-state index contributed by atoms with van der Waals surface area (Å²) < 4.78 is 26.4. The lowest BCUT2D eigenvalue weighted by molar-refractivity contribution is -0.124. The molecule has 1 unspecified atom stereocenters. The highest BCUT2D eigenvalue weighted by Gasteiger charge is 2.48. The minimum Gasteiger partial charge on any atom is -0.368 e. The largest absolute Gasteiger partial charge is 0.368 e. The molecule has 3 N–H and O–H groups in total. The highest BCUT2D eigenvalue weighted by molar-refractivity contribution is 7.99. The molecule has 0 spiro atoms. The van der Waals surface area contributed by atoms with E-state index in [1.54, 1.807) is 7.05 Å². The number of primary amides is 1. The summed E-state index contributed by atoms with van der Waals surface area (Å²) in [4.78, 5) is 12.0. The zero-order valence-electron chi connectivity index (χ0n) is 10.6. The first-order valence-electron chi connectivity index (χ1n) is 6.06. The first-order valence-corrected chi connectivity index (χ1v) is 7.05. The van der Waals surface area contributed by atoms with Gasteiger partial charge in [0.15, 0.2) is 0 Å². The zero-order chi connectivity index (χ0) is 14.0. The number of thioether (sulfide) groups is 1. The molecule has 1 saturated carbocycles. The lowest BCUT2D eigenvalue weighted by atomic mass is 9.95. The quantitative estimate of drug-likeness (QED) is 0.785. The molecule has 1 atom stereocenters. The first-order chi connectivity index (χ1) is 8.99. The molecule has 1 amide bonds. The van der Waals surface area contributed by atoms with Crippen molar-refractivity contribution in [3.05, 3.63) is 29.8 Å². The molecule has 0 radical (unpaired) electrons. The molecule has 0 aromatic heterocycles. The highest BCUT2D eigenvalue weighted by Crippen LogP contribution is 2.42. The van der Waals surface area contributed by atoms with Gasteiger partial charge in [-0.25, -0.2) is 8.78 Å². The molecule has 1 fully saturated rings. The van der Waals surface area contributed by atoms with Crippen molar-refractivity contribution in [1.29, 1.82) is 0 Å². The summed E-state index contributed by atoms with van der Waals surface area (Å²) in [5.41, 5.74) is 4.67. The maximum Gasteiger partial charge on any atom is 0.238 e. The lowest BCUT2D eigenvalue weighted by Gasteiger charge is -2.30. The fraction of sp³-hybridized carbons (Fsp3) is 0.462. The van der Waals surface area contributed by atoms with Gasteiger partial charge >= 0.3 is 0 Å². The standard InChI is InChI=1S/C13H16F2N2OS/c1-17-13(12(16)18,8-2-3-8)7-19-11-5-4-9(14)6-10(11)15/h4-6,8,17H,2-3,7H2,1H3,(H2,16,18). The SMILES string of the molecule is CNC(CSc1ccc(F)cc1F)(C(N)=O)C1CC1. The van der Waals surface area contributed by atoms with Gasteiger partial charge in [0.2, 0.25) is 5.91 Å². The number of carbonyl (C=O) groups is 1. The Balaban J connectivity index is 2.12. The number of benzene rings is 1. The lowest BCUT2D eigenvalue weighted by Crippen LogP contribution is -2.57. The van der Waals surface area contributed by atoms with Crippen molar-refractivity contribution in [1.82, 2.24) is 5.32 Å². The van der Waals surface area contributed by atoms with Crippen LogP contribution in [0, 0.1) is 17.6 Å². The Hall–Kier alpha value is -1.14. The molecule has 6 heteroatoms. The Morgan fingerprint density at radius 3 is 2.68 bits per heavy atom. The van der Waals surface area contributed by atoms with E-state index in [-0.39, 0.29) is 5.92 Å². The molecule has 3 nitrogen and oxygen atoms in total. The molecule has 1 aliphatic carbocycles. The summed E-state index contributed by atoms with van der Waals surface area (Å²) >= 11 is 1.18. The van der Waals surface area contributed by atoms with Crippen molar-refractivity contribution in [2.24, 2.45) is 11.7 Å². The number of amides is 1. The maximum absolute atomic E-state index is 13.6. The summed E-state index contributed by atoms with van der Waals surface area (Å²) in [6.07, 6.45) is 1.88. The number of carbonyl (C=O) groups excluding carboxylic acids is 1. The van der Waals surface area contributed by atoms with Crippen LogP contribution < -0.4 is 11.1 Å². The summed E-state index contributed by atoms with van der Waals surface area (Å²) in [6.45, 7) is 0. The van der Waals surface area contributed by atoms with E-state index in [1.165, 1.54) is 23.9 Å². The van der Waals surface area contributed by atoms with Crippen LogP contribution in [0.4, 0.5) is 8.78 Å². The molecule has 19 heavy (non-hydrogen) atoms. The van der Waals surface area contributed by atoms with Crippen molar-refractivity contribution in [2.45, 2.75) is 23.3 Å². The average Bonchev–Trinajstić information content (AvgIpc) is 3.17. The average molecular weight is 286 g/mol. The Labute approximate surface area is 114 Å². The third kappa shape index (κ3) is 2.90. The van der Waals surface area contributed by atoms with Crippen LogP contribution in [-0.2, 0) is 4.79 Å². The maximum atomic E-state index is 13.6. The molecule has 1 aromatic rings. The van der Waals surface area contributed by atoms with Crippen LogP contribution in [0.2, 0.25) is 0 Å². The van der Waals surface area contributed by atoms with Crippen LogP contribution in [0.1, 0.15) is 12.8 Å². The van der Waals surface area contributed by atoms with E-state index in [4.69, 9.17) is 5.73 Å². The van der Waals surface area contributed by atoms with Crippen molar-refractivity contribution in [3.63, 3.8) is 0 Å². The summed E-state index contributed by atoms with van der Waals surface area (Å²) in [5.74, 6) is -1.11. The van der Waals surface area contributed by atoms with Gasteiger partial charge < -0.3 is 11.1 Å². The summed E-state index contributed by atoms with van der Waals surface area (Å²) in [7, 11) is 1.69. The van der Waals surface area contributed by atoms with E-state index in [9.17, 15) is 13.6 Å². The smallest absolute Gasteiger partial charge is 0.238 e. The number of rotatable bonds is 6. The molecule has 0 bridgehead atoms. The van der Waals surface area contributed by atoms with E-state index >= 15 is 0 Å². The first kappa shape index (κ1) is 14.3. The van der Waals surface area contributed by atoms with Gasteiger partial charge in [-0.3, -0.25) is 4.79 Å². The number of likely N-dealkylation sites (N-methyl/N-ethyl adjacent to an activating group) is 1. The van der Waals surface area contributed by atoms with Gasteiger partial charge in [0, 0.05) is 16.7 Å². The Kier molecular flexibility index (Phi) is 4.10. The molecule has 1 aliphatic rings. The molecular formula is C13H16F2N2OS. The van der Waals surface area contributed by atoms with Gasteiger partial charge in [-0.15, -0.1) is 11.8 Å². The second-order valence-corrected chi connectivity index (χ2v) is 5.74. The molecule has 2 rings (SSSR count). The van der Waals surface area contributed by atoms with E-state index < -0.39 is 23.1 Å². The summed E-state index contributed by atoms with van der Waals surface area (Å²) in [5, 5.41) is 2.99. The normalized spacial score (nSPS) is 18.1. The van der Waals surface area contributed by atoms with Gasteiger partial charge in [-0.05, 0) is 37.9 Å². The van der Waals surface area contributed by atoms with Crippen LogP contribution in [0.5, 0.6) is 0 Å². The second kappa shape index (κ2) is 5.46. The number of hydrogen-bond acceptors (Lipinski definition) is 3. The van der Waals surface area contributed by atoms with E-state index in [2.05, 4.69) is 5.32 Å². The predicted molar refractivity (Wildman–Crippen MR) is 70.8 cm³/mol. The fourth-order valence-corrected chi connectivity index (χ4v) is 3.42.